The Bertz CT molecular complexity index is 1500. The number of aromatic nitrogens is 3. The largest absolute Gasteiger partial charge is 0.497 e. The predicted molar refractivity (Wildman–Crippen MR) is 147 cm³/mol. The Morgan fingerprint density at radius 2 is 1.95 bits per heavy atom. The van der Waals surface area contributed by atoms with Crippen LogP contribution in [0.25, 0.3) is 10.3 Å². The van der Waals surface area contributed by atoms with Gasteiger partial charge in [0.2, 0.25) is 0 Å². The predicted octanol–water partition coefficient (Wildman–Crippen LogP) is 5.11. The van der Waals surface area contributed by atoms with Crippen LogP contribution in [0.15, 0.2) is 58.5 Å². The summed E-state index contributed by atoms with van der Waals surface area (Å²) < 4.78 is 18.0. The van der Waals surface area contributed by atoms with Crippen molar-refractivity contribution in [2.24, 2.45) is 0 Å². The van der Waals surface area contributed by atoms with Crippen molar-refractivity contribution in [1.82, 2.24) is 19.4 Å². The van der Waals surface area contributed by atoms with E-state index >= 15 is 0 Å². The number of hydrogen-bond acceptors (Lipinski definition) is 9. The zero-order valence-corrected chi connectivity index (χ0v) is 23.0. The van der Waals surface area contributed by atoms with Crippen LogP contribution in [-0.2, 0) is 17.9 Å². The van der Waals surface area contributed by atoms with E-state index in [-0.39, 0.29) is 30.8 Å². The summed E-state index contributed by atoms with van der Waals surface area (Å²) in [5.41, 5.74) is 1.83. The van der Waals surface area contributed by atoms with E-state index in [4.69, 9.17) is 24.2 Å². The molecular weight excluding hydrogens is 524 g/mol. The van der Waals surface area contributed by atoms with Gasteiger partial charge < -0.3 is 14.2 Å². The Kier molecular flexibility index (Phi) is 7.85. The number of carbonyl (C=O) groups excluding carboxylic acids is 1. The molecule has 0 radical (unpaired) electrons. The summed E-state index contributed by atoms with van der Waals surface area (Å²) in [4.78, 5) is 38.3. The Morgan fingerprint density at radius 1 is 1.13 bits per heavy atom. The molecule has 1 atom stereocenters. The highest BCUT2D eigenvalue weighted by Crippen LogP contribution is 2.36. The van der Waals surface area contributed by atoms with Crippen LogP contribution in [0, 0.1) is 0 Å². The molecule has 9 nitrogen and oxygen atoms in total. The van der Waals surface area contributed by atoms with Gasteiger partial charge in [0.05, 0.1) is 26.8 Å². The van der Waals surface area contributed by atoms with Crippen LogP contribution in [0.1, 0.15) is 35.0 Å². The summed E-state index contributed by atoms with van der Waals surface area (Å²) in [6, 6.07) is 14.8. The molecule has 0 unspecified atom stereocenters. The first-order valence-corrected chi connectivity index (χ1v) is 14.2. The number of methoxy groups -OCH3 is 2. The lowest BCUT2D eigenvalue weighted by Crippen LogP contribution is -2.31. The zero-order chi connectivity index (χ0) is 26.6. The van der Waals surface area contributed by atoms with E-state index in [9.17, 15) is 9.59 Å². The second-order valence-corrected chi connectivity index (χ2v) is 10.5. The molecule has 4 aromatic rings. The maximum atomic E-state index is 13.6. The molecule has 2 aromatic heterocycles. The van der Waals surface area contributed by atoms with Crippen LogP contribution < -0.4 is 15.0 Å². The van der Waals surface area contributed by atoms with Crippen LogP contribution in [0.5, 0.6) is 11.5 Å². The molecule has 1 aliphatic rings. The molecule has 11 heteroatoms. The van der Waals surface area contributed by atoms with Crippen LogP contribution in [0.3, 0.4) is 0 Å². The summed E-state index contributed by atoms with van der Waals surface area (Å²) in [5, 5.41) is 1.28. The number of hydrogen-bond donors (Lipinski definition) is 0. The van der Waals surface area contributed by atoms with Crippen molar-refractivity contribution < 1.29 is 19.0 Å². The molecule has 198 valence electrons. The van der Waals surface area contributed by atoms with E-state index in [1.54, 1.807) is 29.8 Å². The van der Waals surface area contributed by atoms with E-state index < -0.39 is 0 Å². The first-order valence-electron chi connectivity index (χ1n) is 12.2. The van der Waals surface area contributed by atoms with Gasteiger partial charge in [0, 0.05) is 18.2 Å². The molecule has 0 aliphatic carbocycles. The van der Waals surface area contributed by atoms with Crippen molar-refractivity contribution >= 4 is 39.5 Å². The van der Waals surface area contributed by atoms with Gasteiger partial charge in [-0.05, 0) is 36.8 Å². The Hall–Kier alpha value is -3.57. The summed E-state index contributed by atoms with van der Waals surface area (Å²) in [6.45, 7) is 1.07. The number of thioether (sulfide) groups is 1. The number of carbonyl (C=O) groups is 1. The second kappa shape index (κ2) is 11.4. The molecule has 0 spiro atoms. The minimum Gasteiger partial charge on any atom is -0.497 e. The Balaban J connectivity index is 1.43. The fraction of sp³-hybridized carbons (Fsp3) is 0.333. The van der Waals surface area contributed by atoms with Gasteiger partial charge in [0.25, 0.3) is 5.56 Å². The minimum atomic E-state index is -0.377. The van der Waals surface area contributed by atoms with Crippen LogP contribution in [-0.4, -0.2) is 52.5 Å². The number of likely N-dealkylation sites (tertiary alicyclic amines) is 1. The lowest BCUT2D eigenvalue weighted by atomic mass is 10.2. The summed E-state index contributed by atoms with van der Waals surface area (Å²) >= 11 is 2.76. The average Bonchev–Trinajstić information content (AvgIpc) is 3.61. The van der Waals surface area contributed by atoms with E-state index in [0.717, 1.165) is 24.0 Å². The number of ether oxygens (including phenoxy) is 3. The van der Waals surface area contributed by atoms with E-state index in [2.05, 4.69) is 0 Å². The van der Waals surface area contributed by atoms with Crippen LogP contribution in [0.4, 0.5) is 4.79 Å². The maximum absolute atomic E-state index is 13.6. The Morgan fingerprint density at radius 3 is 2.68 bits per heavy atom. The fourth-order valence-electron chi connectivity index (χ4n) is 4.54. The molecule has 1 aliphatic heterocycles. The van der Waals surface area contributed by atoms with Gasteiger partial charge >= 0.3 is 6.09 Å². The smallest absolute Gasteiger partial charge is 0.410 e. The first-order chi connectivity index (χ1) is 18.5. The standard InChI is InChI=1S/C27H28N4O5S2/c1-34-19-12-11-18(21(14-19)35-2)15-31-25(32)22-24(29-26(31)37-3)38-23(28-22)20-10-7-13-30(20)27(33)36-16-17-8-5-4-6-9-17/h4-6,8-9,11-12,14,20H,7,10,13,15-16H2,1-3H3/t20-/m1/s1. The summed E-state index contributed by atoms with van der Waals surface area (Å²) in [7, 11) is 3.18. The lowest BCUT2D eigenvalue weighted by molar-refractivity contribution is 0.0920. The van der Waals surface area contributed by atoms with Crippen molar-refractivity contribution in [3.05, 3.63) is 75.0 Å². The molecule has 38 heavy (non-hydrogen) atoms. The Labute approximate surface area is 228 Å². The van der Waals surface area contributed by atoms with Gasteiger partial charge in [-0.15, -0.1) is 0 Å². The van der Waals surface area contributed by atoms with Gasteiger partial charge in [-0.1, -0.05) is 53.4 Å². The van der Waals surface area contributed by atoms with Crippen LogP contribution in [0.2, 0.25) is 0 Å². The molecule has 0 saturated carbocycles. The van der Waals surface area contributed by atoms with Gasteiger partial charge in [0.1, 0.15) is 23.1 Å². The van der Waals surface area contributed by atoms with Gasteiger partial charge in [-0.25, -0.2) is 14.8 Å². The number of nitrogens with zero attached hydrogens (tertiary/aromatic N) is 4. The third-order valence-corrected chi connectivity index (χ3v) is 8.21. The van der Waals surface area contributed by atoms with Crippen molar-refractivity contribution in [1.29, 1.82) is 0 Å². The zero-order valence-electron chi connectivity index (χ0n) is 21.4. The second-order valence-electron chi connectivity index (χ2n) is 8.77. The fourth-order valence-corrected chi connectivity index (χ4v) is 6.23. The number of rotatable bonds is 8. The van der Waals surface area contributed by atoms with Gasteiger partial charge in [-0.3, -0.25) is 14.3 Å². The molecule has 5 rings (SSSR count). The van der Waals surface area contributed by atoms with Crippen molar-refractivity contribution in [2.75, 3.05) is 27.0 Å². The number of fused-ring (bicyclic) bond motifs is 1. The summed E-state index contributed by atoms with van der Waals surface area (Å²) in [5.74, 6) is 1.29. The normalized spacial score (nSPS) is 15.1. The van der Waals surface area contributed by atoms with E-state index in [1.807, 2.05) is 48.7 Å². The molecule has 1 saturated heterocycles. The average molecular weight is 553 g/mol. The van der Waals surface area contributed by atoms with E-state index in [0.29, 0.717) is 38.6 Å². The van der Waals surface area contributed by atoms with Crippen LogP contribution >= 0.6 is 23.1 Å². The van der Waals surface area contributed by atoms with Gasteiger partial charge in [-0.2, -0.15) is 0 Å². The lowest BCUT2D eigenvalue weighted by Gasteiger charge is -2.22. The highest BCUT2D eigenvalue weighted by atomic mass is 32.2. The highest BCUT2D eigenvalue weighted by Gasteiger charge is 2.34. The SMILES string of the molecule is COc1ccc(Cn2c(SC)nc3sc([C@H]4CCCN4C(=O)OCc4ccccc4)nc3c2=O)c(OC)c1. The van der Waals surface area contributed by atoms with Crippen molar-refractivity contribution in [2.45, 2.75) is 37.2 Å². The topological polar surface area (TPSA) is 95.8 Å². The molecule has 3 heterocycles. The number of amides is 1. The molecule has 0 bridgehead atoms. The highest BCUT2D eigenvalue weighted by molar-refractivity contribution is 7.98. The number of thiazole rings is 1. The quantitative estimate of drug-likeness (QED) is 0.220. The minimum absolute atomic E-state index is 0.209. The molecular formula is C27H28N4O5S2. The molecule has 2 aromatic carbocycles. The van der Waals surface area contributed by atoms with Crippen molar-refractivity contribution in [3.8, 4) is 11.5 Å². The monoisotopic (exact) mass is 552 g/mol. The van der Waals surface area contributed by atoms with Gasteiger partial charge in [0.15, 0.2) is 15.5 Å². The third-order valence-electron chi connectivity index (χ3n) is 6.48. The molecule has 1 fully saturated rings. The van der Waals surface area contributed by atoms with E-state index in [1.165, 1.54) is 23.1 Å². The number of benzene rings is 2. The molecule has 0 N–H and O–H groups in total. The molecule has 1 amide bonds. The van der Waals surface area contributed by atoms with Crippen molar-refractivity contribution in [3.63, 3.8) is 0 Å². The maximum Gasteiger partial charge on any atom is 0.410 e. The summed E-state index contributed by atoms with van der Waals surface area (Å²) in [6.07, 6.45) is 3.11. The first kappa shape index (κ1) is 26.1. The third kappa shape index (κ3) is 5.21.